The standard InChI is InChI=1S/C9H27O3SSi5/c1-14-10-16(4,5)12-18(8,9)13-17(6,7)11-15(2)3/h1-9H3. The van der Waals surface area contributed by atoms with E-state index in [2.05, 4.69) is 58.9 Å². The number of hydrogen-bond acceptors (Lipinski definition) is 4. The highest BCUT2D eigenvalue weighted by Crippen LogP contribution is 2.34. The van der Waals surface area contributed by atoms with Crippen LogP contribution < -0.4 is 0 Å². The van der Waals surface area contributed by atoms with E-state index in [0.717, 1.165) is 0 Å². The molecule has 0 aromatic rings. The van der Waals surface area contributed by atoms with E-state index in [1.165, 1.54) is 0 Å². The Labute approximate surface area is 124 Å². The van der Waals surface area contributed by atoms with E-state index in [1.807, 2.05) is 10.7 Å². The molecule has 0 amide bonds. The summed E-state index contributed by atoms with van der Waals surface area (Å²) >= 11 is 0. The molecule has 0 atom stereocenters. The molecule has 3 radical (unpaired) electrons. The largest absolute Gasteiger partial charge is 0.448 e. The van der Waals surface area contributed by atoms with E-state index in [-0.39, 0.29) is 0 Å². The Kier molecular flexibility index (Phi) is 7.90. The fraction of sp³-hybridized carbons (Fsp3) is 1.00. The van der Waals surface area contributed by atoms with Crippen molar-refractivity contribution in [1.29, 1.82) is 0 Å². The first-order valence-corrected chi connectivity index (χ1v) is 20.8. The summed E-state index contributed by atoms with van der Waals surface area (Å²) in [5, 5.41) is 0. The van der Waals surface area contributed by atoms with Gasteiger partial charge in [-0.1, -0.05) is 0 Å². The van der Waals surface area contributed by atoms with Gasteiger partial charge in [0.15, 0.2) is 9.04 Å². The molecular formula is C9H27O3SSi5. The molecule has 18 heavy (non-hydrogen) atoms. The first-order valence-electron chi connectivity index (χ1n) is 6.13. The van der Waals surface area contributed by atoms with E-state index in [9.17, 15) is 0 Å². The van der Waals surface area contributed by atoms with Gasteiger partial charge < -0.3 is 12.3 Å². The van der Waals surface area contributed by atoms with Crippen LogP contribution in [0.1, 0.15) is 0 Å². The van der Waals surface area contributed by atoms with Gasteiger partial charge in [0.1, 0.15) is 0 Å². The Morgan fingerprint density at radius 1 is 0.944 bits per heavy atom. The van der Waals surface area contributed by atoms with Crippen molar-refractivity contribution in [2.75, 3.05) is 0 Å². The van der Waals surface area contributed by atoms with Gasteiger partial charge in [-0.2, -0.15) is 10.7 Å². The van der Waals surface area contributed by atoms with Crippen molar-refractivity contribution in [3.05, 3.63) is 0 Å². The normalized spacial score (nSPS) is 14.3. The van der Waals surface area contributed by atoms with E-state index in [1.54, 1.807) is 0 Å². The van der Waals surface area contributed by atoms with Crippen molar-refractivity contribution in [2.45, 2.75) is 58.9 Å². The minimum absolute atomic E-state index is 0.514. The lowest BCUT2D eigenvalue weighted by Gasteiger charge is -2.37. The summed E-state index contributed by atoms with van der Waals surface area (Å²) in [6, 6.07) is 0. The van der Waals surface area contributed by atoms with Gasteiger partial charge in [0, 0.05) is 0 Å². The average Bonchev–Trinajstić information content (AvgIpc) is 1.93. The van der Waals surface area contributed by atoms with Crippen molar-refractivity contribution in [1.82, 2.24) is 0 Å². The van der Waals surface area contributed by atoms with Gasteiger partial charge in [-0.05, 0) is 58.9 Å². The van der Waals surface area contributed by atoms with Gasteiger partial charge in [-0.15, -0.1) is 0 Å². The van der Waals surface area contributed by atoms with Crippen LogP contribution in [0.5, 0.6) is 0 Å². The predicted octanol–water partition coefficient (Wildman–Crippen LogP) is 3.79. The lowest BCUT2D eigenvalue weighted by molar-refractivity contribution is 0.419. The Hall–Kier alpha value is 1.31. The first-order chi connectivity index (χ1) is 7.89. The van der Waals surface area contributed by atoms with E-state index in [0.29, 0.717) is 9.76 Å². The van der Waals surface area contributed by atoms with Crippen LogP contribution in [0, 0.1) is 0 Å². The van der Waals surface area contributed by atoms with Crippen molar-refractivity contribution < 1.29 is 12.3 Å². The van der Waals surface area contributed by atoms with Gasteiger partial charge in [0.2, 0.25) is 24.7 Å². The Morgan fingerprint density at radius 3 is 1.83 bits per heavy atom. The van der Waals surface area contributed by atoms with Crippen LogP contribution in [0.25, 0.3) is 0 Å². The molecular weight excluding hydrogens is 329 g/mol. The zero-order chi connectivity index (χ0) is 14.6. The summed E-state index contributed by atoms with van der Waals surface area (Å²) in [5.74, 6) is 0. The molecule has 0 aliphatic heterocycles. The maximum atomic E-state index is 6.37. The molecule has 0 spiro atoms. The summed E-state index contributed by atoms with van der Waals surface area (Å²) in [4.78, 5) is 0. The molecule has 0 bridgehead atoms. The van der Waals surface area contributed by atoms with E-state index >= 15 is 0 Å². The highest BCUT2D eigenvalue weighted by Gasteiger charge is 2.41. The van der Waals surface area contributed by atoms with Crippen LogP contribution in [-0.4, -0.2) is 42.3 Å². The molecule has 0 N–H and O–H groups in total. The molecule has 107 valence electrons. The van der Waals surface area contributed by atoms with Gasteiger partial charge in [0.25, 0.3) is 0 Å². The molecule has 0 saturated heterocycles. The summed E-state index contributed by atoms with van der Waals surface area (Å²) in [6.07, 6.45) is 0. The summed E-state index contributed by atoms with van der Waals surface area (Å²) in [6.45, 7) is 19.9. The molecule has 0 rings (SSSR count). The van der Waals surface area contributed by atoms with Crippen molar-refractivity contribution >= 4 is 53.0 Å². The highest BCUT2D eigenvalue weighted by atomic mass is 32.5. The topological polar surface area (TPSA) is 27.7 Å². The second-order valence-electron chi connectivity index (χ2n) is 5.72. The van der Waals surface area contributed by atoms with Gasteiger partial charge in [-0.3, -0.25) is 0 Å². The molecule has 0 aromatic heterocycles. The van der Waals surface area contributed by atoms with Gasteiger partial charge in [0.05, 0.1) is 0 Å². The maximum absolute atomic E-state index is 6.37. The Morgan fingerprint density at radius 2 is 1.44 bits per heavy atom. The molecule has 0 aliphatic carbocycles. The van der Waals surface area contributed by atoms with E-state index < -0.39 is 32.5 Å². The second kappa shape index (κ2) is 7.36. The quantitative estimate of drug-likeness (QED) is 0.619. The van der Waals surface area contributed by atoms with Gasteiger partial charge in [-0.25, -0.2) is 0 Å². The molecule has 3 nitrogen and oxygen atoms in total. The smallest absolute Gasteiger partial charge is 0.311 e. The number of rotatable bonds is 8. The minimum atomic E-state index is -1.95. The molecule has 0 fully saturated rings. The van der Waals surface area contributed by atoms with Crippen molar-refractivity contribution in [2.24, 2.45) is 0 Å². The molecule has 0 aliphatic rings. The maximum Gasteiger partial charge on any atom is 0.311 e. The Bertz CT molecular complexity index is 261. The van der Waals surface area contributed by atoms with Crippen LogP contribution in [-0.2, 0) is 12.3 Å². The zero-order valence-electron chi connectivity index (χ0n) is 13.1. The summed E-state index contributed by atoms with van der Waals surface area (Å²) in [7, 11) is -3.49. The van der Waals surface area contributed by atoms with Gasteiger partial charge >= 0.3 is 8.56 Å². The summed E-state index contributed by atoms with van der Waals surface area (Å²) in [5.41, 5.74) is 0. The third-order valence-corrected chi connectivity index (χ3v) is 26.4. The molecule has 0 aromatic carbocycles. The highest BCUT2D eigenvalue weighted by molar-refractivity contribution is 8.49. The Balaban J connectivity index is 4.55. The van der Waals surface area contributed by atoms with Crippen molar-refractivity contribution in [3.63, 3.8) is 0 Å². The first kappa shape index (κ1) is 19.3. The fourth-order valence-electron chi connectivity index (χ4n) is 1.98. The van der Waals surface area contributed by atoms with Crippen LogP contribution in [0.15, 0.2) is 0 Å². The van der Waals surface area contributed by atoms with Crippen molar-refractivity contribution in [3.8, 4) is 0 Å². The summed E-state index contributed by atoms with van der Waals surface area (Å²) < 4.78 is 18.4. The second-order valence-corrected chi connectivity index (χ2v) is 27.3. The molecule has 9 heteroatoms. The molecule has 0 unspecified atom stereocenters. The van der Waals surface area contributed by atoms with Crippen LogP contribution in [0.3, 0.4) is 0 Å². The lowest BCUT2D eigenvalue weighted by Crippen LogP contribution is -2.49. The third kappa shape index (κ3) is 9.26. The monoisotopic (exact) mass is 355 g/mol. The SMILES string of the molecule is C[Si]O[Si](C)(C)O[Si](C)(C)S[Si](C)(C)O[Si](C)C. The molecule has 0 heterocycles. The van der Waals surface area contributed by atoms with Crippen LogP contribution >= 0.6 is 10.7 Å². The predicted molar refractivity (Wildman–Crippen MR) is 92.4 cm³/mol. The fourth-order valence-corrected chi connectivity index (χ4v) is 35.2. The van der Waals surface area contributed by atoms with Crippen LogP contribution in [0.4, 0.5) is 0 Å². The van der Waals surface area contributed by atoms with E-state index in [4.69, 9.17) is 12.3 Å². The van der Waals surface area contributed by atoms with Crippen LogP contribution in [0.2, 0.25) is 58.9 Å². The number of hydrogen-bond donors (Lipinski definition) is 0. The minimum Gasteiger partial charge on any atom is -0.448 e. The zero-order valence-corrected chi connectivity index (χ0v) is 18.9. The molecule has 0 saturated carbocycles. The lowest BCUT2D eigenvalue weighted by atomic mass is 11.9. The third-order valence-electron chi connectivity index (χ3n) is 1.78. The average molecular weight is 356 g/mol.